The summed E-state index contributed by atoms with van der Waals surface area (Å²) in [5, 5.41) is 25.8. The van der Waals surface area contributed by atoms with E-state index >= 15 is 0 Å². The average Bonchev–Trinajstić information content (AvgIpc) is 3.49. The van der Waals surface area contributed by atoms with Gasteiger partial charge in [0.2, 0.25) is 11.7 Å². The minimum atomic E-state index is -0.507. The van der Waals surface area contributed by atoms with Crippen LogP contribution in [0, 0.1) is 13.8 Å². The molecule has 0 spiro atoms. The van der Waals surface area contributed by atoms with E-state index in [1.54, 1.807) is 19.1 Å². The number of nitrogens with zero attached hydrogens (tertiary/aromatic N) is 2. The van der Waals surface area contributed by atoms with Gasteiger partial charge in [-0.25, -0.2) is 4.98 Å². The van der Waals surface area contributed by atoms with Crippen molar-refractivity contribution >= 4 is 38.7 Å². The van der Waals surface area contributed by atoms with Crippen molar-refractivity contribution in [3.8, 4) is 28.0 Å². The van der Waals surface area contributed by atoms with Crippen LogP contribution in [0.25, 0.3) is 26.6 Å². The Morgan fingerprint density at radius 1 is 1.13 bits per heavy atom. The molecule has 0 aliphatic carbocycles. The molecule has 0 atom stereocenters. The van der Waals surface area contributed by atoms with Gasteiger partial charge in [0, 0.05) is 10.9 Å². The van der Waals surface area contributed by atoms with Crippen LogP contribution < -0.4 is 0 Å². The van der Waals surface area contributed by atoms with Crippen LogP contribution in [0.5, 0.6) is 11.6 Å². The van der Waals surface area contributed by atoms with E-state index in [0.29, 0.717) is 22.1 Å². The predicted molar refractivity (Wildman–Crippen MR) is 117 cm³/mol. The highest BCUT2D eigenvalue weighted by Crippen LogP contribution is 2.45. The zero-order chi connectivity index (χ0) is 21.0. The van der Waals surface area contributed by atoms with Gasteiger partial charge in [0.15, 0.2) is 16.6 Å². The first-order valence-corrected chi connectivity index (χ1v) is 10.9. The van der Waals surface area contributed by atoms with E-state index < -0.39 is 17.4 Å². The van der Waals surface area contributed by atoms with E-state index in [1.165, 1.54) is 27.2 Å². The van der Waals surface area contributed by atoms with Crippen molar-refractivity contribution in [3.63, 3.8) is 0 Å². The smallest absolute Gasteiger partial charge is 0.242 e. The highest BCUT2D eigenvalue weighted by Gasteiger charge is 2.32. The fourth-order valence-electron chi connectivity index (χ4n) is 3.42. The molecule has 0 aliphatic heterocycles. The third kappa shape index (κ3) is 2.84. The maximum absolute atomic E-state index is 13.2. The van der Waals surface area contributed by atoms with Crippen LogP contribution in [-0.2, 0) is 0 Å². The lowest BCUT2D eigenvalue weighted by Crippen LogP contribution is -2.03. The monoisotopic (exact) mass is 436 g/mol. The van der Waals surface area contributed by atoms with Crippen LogP contribution in [0.4, 0.5) is 0 Å². The summed E-state index contributed by atoms with van der Waals surface area (Å²) in [5.74, 6) is -0.756. The lowest BCUT2D eigenvalue weighted by Gasteiger charge is -2.07. The van der Waals surface area contributed by atoms with Crippen molar-refractivity contribution in [1.29, 1.82) is 0 Å². The minimum Gasteiger partial charge on any atom is -0.503 e. The molecular weight excluding hydrogens is 420 g/mol. The van der Waals surface area contributed by atoms with Gasteiger partial charge in [0.05, 0.1) is 21.5 Å². The molecule has 0 bridgehead atoms. The third-order valence-electron chi connectivity index (χ3n) is 4.83. The molecule has 5 aromatic rings. The lowest BCUT2D eigenvalue weighted by atomic mass is 10.1. The normalized spacial score (nSPS) is 11.4. The highest BCUT2D eigenvalue weighted by atomic mass is 32.1. The molecule has 150 valence electrons. The molecule has 0 unspecified atom stereocenters. The third-order valence-corrected chi connectivity index (χ3v) is 6.52. The Balaban J connectivity index is 1.80. The zero-order valence-corrected chi connectivity index (χ0v) is 17.7. The number of thiazole rings is 1. The van der Waals surface area contributed by atoms with Gasteiger partial charge in [-0.05, 0) is 55.1 Å². The number of hydrogen-bond donors (Lipinski definition) is 2. The predicted octanol–water partition coefficient (Wildman–Crippen LogP) is 5.67. The Labute approximate surface area is 179 Å². The zero-order valence-electron chi connectivity index (χ0n) is 16.0. The van der Waals surface area contributed by atoms with Crippen molar-refractivity contribution in [2.75, 3.05) is 0 Å². The number of aryl methyl sites for hydroxylation is 2. The molecule has 0 saturated heterocycles. The number of aromatic hydroxyl groups is 2. The fourth-order valence-corrected chi connectivity index (χ4v) is 5.13. The minimum absolute atomic E-state index is 0.0179. The molecule has 2 N–H and O–H groups in total. The molecule has 0 aliphatic rings. The number of carbonyl (C=O) groups is 1. The van der Waals surface area contributed by atoms with E-state index in [9.17, 15) is 15.0 Å². The first kappa shape index (κ1) is 18.7. The summed E-state index contributed by atoms with van der Waals surface area (Å²) in [4.78, 5) is 17.8. The summed E-state index contributed by atoms with van der Waals surface area (Å²) in [5.41, 5.74) is 2.92. The Bertz CT molecular complexity index is 1410. The topological polar surface area (TPSA) is 88.5 Å². The second-order valence-corrected chi connectivity index (χ2v) is 8.74. The van der Waals surface area contributed by atoms with Crippen molar-refractivity contribution in [2.24, 2.45) is 0 Å². The van der Waals surface area contributed by atoms with Gasteiger partial charge in [-0.1, -0.05) is 17.4 Å². The van der Waals surface area contributed by atoms with E-state index in [2.05, 4.69) is 4.98 Å². The van der Waals surface area contributed by atoms with Gasteiger partial charge in [0.25, 0.3) is 0 Å². The van der Waals surface area contributed by atoms with Gasteiger partial charge in [-0.15, -0.1) is 0 Å². The van der Waals surface area contributed by atoms with Crippen LogP contribution in [0.15, 0.2) is 51.6 Å². The molecule has 30 heavy (non-hydrogen) atoms. The van der Waals surface area contributed by atoms with E-state index in [0.717, 1.165) is 15.8 Å². The second kappa shape index (κ2) is 6.86. The summed E-state index contributed by atoms with van der Waals surface area (Å²) >= 11 is 2.83. The van der Waals surface area contributed by atoms with Crippen LogP contribution in [0.1, 0.15) is 27.4 Å². The van der Waals surface area contributed by atoms with E-state index in [1.807, 2.05) is 41.9 Å². The Kier molecular flexibility index (Phi) is 4.27. The van der Waals surface area contributed by atoms with Crippen LogP contribution in [0.2, 0.25) is 0 Å². The quantitative estimate of drug-likeness (QED) is 0.355. The Hall–Kier alpha value is -3.36. The summed E-state index contributed by atoms with van der Waals surface area (Å²) in [6.07, 6.45) is 0. The van der Waals surface area contributed by atoms with Crippen LogP contribution in [-0.4, -0.2) is 25.5 Å². The largest absolute Gasteiger partial charge is 0.503 e. The number of hydrogen-bond acceptors (Lipinski definition) is 7. The molecule has 1 aromatic carbocycles. The van der Waals surface area contributed by atoms with E-state index in [-0.39, 0.29) is 11.3 Å². The van der Waals surface area contributed by atoms with Crippen molar-refractivity contribution < 1.29 is 19.4 Å². The summed E-state index contributed by atoms with van der Waals surface area (Å²) in [6.45, 7) is 3.74. The number of thiophene rings is 1. The standard InChI is InChI=1S/C22H16N2O4S2/c1-11-3-5-14-16(9-11)30-22(23-14)24-18(13-7-8-29-10-13)17(20(26)21(24)27)19(25)15-6-4-12(2)28-15/h3-10,26-27H,1-2H3. The van der Waals surface area contributed by atoms with Crippen LogP contribution >= 0.6 is 22.7 Å². The Morgan fingerprint density at radius 3 is 2.67 bits per heavy atom. The summed E-state index contributed by atoms with van der Waals surface area (Å²) in [7, 11) is 0. The maximum atomic E-state index is 13.2. The number of carbonyl (C=O) groups excluding carboxylic acids is 1. The van der Waals surface area contributed by atoms with Crippen molar-refractivity contribution in [1.82, 2.24) is 9.55 Å². The summed E-state index contributed by atoms with van der Waals surface area (Å²) < 4.78 is 7.86. The van der Waals surface area contributed by atoms with Crippen molar-refractivity contribution in [3.05, 3.63) is 69.8 Å². The number of furan rings is 1. The maximum Gasteiger partial charge on any atom is 0.242 e. The van der Waals surface area contributed by atoms with Crippen molar-refractivity contribution in [2.45, 2.75) is 13.8 Å². The average molecular weight is 437 g/mol. The molecule has 5 rings (SSSR count). The second-order valence-electron chi connectivity index (χ2n) is 6.95. The number of aromatic nitrogens is 2. The highest BCUT2D eigenvalue weighted by molar-refractivity contribution is 7.20. The first-order chi connectivity index (χ1) is 14.4. The molecule has 6 nitrogen and oxygen atoms in total. The molecule has 4 heterocycles. The molecule has 0 fully saturated rings. The molecular formula is C22H16N2O4S2. The molecule has 0 radical (unpaired) electrons. The number of fused-ring (bicyclic) bond motifs is 1. The first-order valence-electron chi connectivity index (χ1n) is 9.12. The van der Waals surface area contributed by atoms with Gasteiger partial charge in [-0.3, -0.25) is 9.36 Å². The summed E-state index contributed by atoms with van der Waals surface area (Å²) in [6, 6.07) is 11.0. The molecule has 4 aromatic heterocycles. The van der Waals surface area contributed by atoms with Gasteiger partial charge in [-0.2, -0.15) is 11.3 Å². The van der Waals surface area contributed by atoms with Crippen LogP contribution in [0.3, 0.4) is 0 Å². The number of rotatable bonds is 4. The van der Waals surface area contributed by atoms with Gasteiger partial charge >= 0.3 is 0 Å². The van der Waals surface area contributed by atoms with Gasteiger partial charge < -0.3 is 14.6 Å². The molecule has 0 saturated carbocycles. The SMILES string of the molecule is Cc1ccc2nc(-n3c(O)c(O)c(C(=O)c4ccc(C)o4)c3-c3ccsc3)sc2c1. The van der Waals surface area contributed by atoms with E-state index in [4.69, 9.17) is 4.42 Å². The van der Waals surface area contributed by atoms with Gasteiger partial charge in [0.1, 0.15) is 5.76 Å². The molecule has 0 amide bonds. The lowest BCUT2D eigenvalue weighted by molar-refractivity contribution is 0.101. The number of benzene rings is 1. The number of ketones is 1. The Morgan fingerprint density at radius 2 is 1.97 bits per heavy atom. The fraction of sp³-hybridized carbons (Fsp3) is 0.0909. The molecule has 8 heteroatoms.